The van der Waals surface area contributed by atoms with Crippen LogP contribution in [0.3, 0.4) is 0 Å². The highest BCUT2D eigenvalue weighted by Gasteiger charge is 2.18. The Balaban J connectivity index is 2.18. The highest BCUT2D eigenvalue weighted by atomic mass is 19.1. The summed E-state index contributed by atoms with van der Waals surface area (Å²) < 4.78 is 18.8. The fourth-order valence-corrected chi connectivity index (χ4v) is 2.23. The maximum absolute atomic E-state index is 13.6. The van der Waals surface area contributed by atoms with Crippen LogP contribution in [0.2, 0.25) is 0 Å². The number of halogens is 1. The number of carbonyl (C=O) groups is 2. The van der Waals surface area contributed by atoms with Crippen molar-refractivity contribution in [2.24, 2.45) is 0 Å². The van der Waals surface area contributed by atoms with Crippen LogP contribution in [0, 0.1) is 5.82 Å². The van der Waals surface area contributed by atoms with Crippen molar-refractivity contribution in [2.45, 2.75) is 39.7 Å². The lowest BCUT2D eigenvalue weighted by molar-refractivity contribution is 0.0635. The lowest BCUT2D eigenvalue weighted by Gasteiger charge is -2.20. The molecule has 0 aromatic heterocycles. The zero-order valence-electron chi connectivity index (χ0n) is 15.4. The van der Waals surface area contributed by atoms with Crippen molar-refractivity contribution >= 4 is 23.4 Å². The molecule has 0 aliphatic rings. The van der Waals surface area contributed by atoms with Gasteiger partial charge in [0.15, 0.2) is 0 Å². The van der Waals surface area contributed by atoms with Gasteiger partial charge in [-0.3, -0.25) is 10.1 Å². The van der Waals surface area contributed by atoms with Crippen molar-refractivity contribution in [3.63, 3.8) is 0 Å². The third-order valence-corrected chi connectivity index (χ3v) is 3.49. The van der Waals surface area contributed by atoms with E-state index >= 15 is 0 Å². The first kappa shape index (κ1) is 19.4. The molecule has 0 saturated heterocycles. The minimum absolute atomic E-state index is 0.153. The molecular formula is C20H23FN2O3. The number of aryl methyl sites for hydroxylation is 1. The van der Waals surface area contributed by atoms with Crippen LogP contribution in [-0.4, -0.2) is 17.6 Å². The number of anilines is 2. The van der Waals surface area contributed by atoms with Crippen LogP contribution in [0.4, 0.5) is 20.6 Å². The summed E-state index contributed by atoms with van der Waals surface area (Å²) in [6.45, 7) is 7.23. The minimum Gasteiger partial charge on any atom is -0.444 e. The highest BCUT2D eigenvalue weighted by molar-refractivity contribution is 6.06. The highest BCUT2D eigenvalue weighted by Crippen LogP contribution is 2.24. The number of amides is 2. The van der Waals surface area contributed by atoms with E-state index < -0.39 is 23.4 Å². The Kier molecular flexibility index (Phi) is 5.97. The fourth-order valence-electron chi connectivity index (χ4n) is 2.23. The Bertz CT molecular complexity index is 796. The van der Waals surface area contributed by atoms with Gasteiger partial charge in [0.2, 0.25) is 0 Å². The van der Waals surface area contributed by atoms with Gasteiger partial charge in [-0.25, -0.2) is 9.18 Å². The summed E-state index contributed by atoms with van der Waals surface area (Å²) in [6.07, 6.45) is 0.183. The summed E-state index contributed by atoms with van der Waals surface area (Å²) in [5.41, 5.74) is 1.28. The molecule has 0 radical (unpaired) electrons. The SMILES string of the molecule is CCc1ccc(C(=O)Nc2cc(F)ccc2NC(=O)OC(C)(C)C)cc1. The Labute approximate surface area is 152 Å². The van der Waals surface area contributed by atoms with E-state index in [1.165, 1.54) is 12.1 Å². The van der Waals surface area contributed by atoms with Gasteiger partial charge >= 0.3 is 6.09 Å². The third kappa shape index (κ3) is 5.58. The van der Waals surface area contributed by atoms with Crippen LogP contribution < -0.4 is 10.6 Å². The molecule has 2 amide bonds. The van der Waals surface area contributed by atoms with Gasteiger partial charge in [-0.05, 0) is 63.1 Å². The zero-order chi connectivity index (χ0) is 19.3. The predicted molar refractivity (Wildman–Crippen MR) is 100 cm³/mol. The van der Waals surface area contributed by atoms with E-state index in [9.17, 15) is 14.0 Å². The van der Waals surface area contributed by atoms with Crippen molar-refractivity contribution in [1.82, 2.24) is 0 Å². The third-order valence-electron chi connectivity index (χ3n) is 3.49. The minimum atomic E-state index is -0.688. The van der Waals surface area contributed by atoms with Crippen LogP contribution in [0.15, 0.2) is 42.5 Å². The first-order valence-electron chi connectivity index (χ1n) is 8.38. The average Bonchev–Trinajstić information content (AvgIpc) is 2.55. The molecule has 6 heteroatoms. The molecule has 138 valence electrons. The van der Waals surface area contributed by atoms with E-state index in [1.807, 2.05) is 19.1 Å². The van der Waals surface area contributed by atoms with E-state index in [-0.39, 0.29) is 11.4 Å². The summed E-state index contributed by atoms with van der Waals surface area (Å²) >= 11 is 0. The van der Waals surface area contributed by atoms with Gasteiger partial charge in [0.1, 0.15) is 11.4 Å². The molecule has 0 spiro atoms. The van der Waals surface area contributed by atoms with E-state index in [0.29, 0.717) is 5.56 Å². The Morgan fingerprint density at radius 3 is 2.23 bits per heavy atom. The maximum atomic E-state index is 13.6. The summed E-state index contributed by atoms with van der Waals surface area (Å²) in [6, 6.07) is 10.8. The molecule has 2 rings (SSSR count). The Hall–Kier alpha value is -2.89. The molecule has 0 bridgehead atoms. The molecule has 26 heavy (non-hydrogen) atoms. The Morgan fingerprint density at radius 1 is 1.00 bits per heavy atom. The van der Waals surface area contributed by atoms with Crippen molar-refractivity contribution in [3.05, 3.63) is 59.4 Å². The molecular weight excluding hydrogens is 335 g/mol. The van der Waals surface area contributed by atoms with Gasteiger partial charge in [0.05, 0.1) is 11.4 Å². The molecule has 2 aromatic carbocycles. The van der Waals surface area contributed by atoms with Crippen LogP contribution in [0.5, 0.6) is 0 Å². The molecule has 0 unspecified atom stereocenters. The molecule has 2 aromatic rings. The first-order valence-corrected chi connectivity index (χ1v) is 8.38. The van der Waals surface area contributed by atoms with Crippen LogP contribution in [0.1, 0.15) is 43.6 Å². The predicted octanol–water partition coefficient (Wildman–Crippen LogP) is 4.99. The number of ether oxygens (including phenoxy) is 1. The summed E-state index contributed by atoms with van der Waals surface area (Å²) in [7, 11) is 0. The summed E-state index contributed by atoms with van der Waals surface area (Å²) in [5, 5.41) is 5.15. The smallest absolute Gasteiger partial charge is 0.412 e. The number of nitrogens with one attached hydrogen (secondary N) is 2. The van der Waals surface area contributed by atoms with Gasteiger partial charge in [0, 0.05) is 5.56 Å². The second kappa shape index (κ2) is 7.99. The van der Waals surface area contributed by atoms with Crippen molar-refractivity contribution in [1.29, 1.82) is 0 Å². The topological polar surface area (TPSA) is 67.4 Å². The second-order valence-electron chi connectivity index (χ2n) is 6.82. The van der Waals surface area contributed by atoms with E-state index in [2.05, 4.69) is 10.6 Å². The number of benzene rings is 2. The monoisotopic (exact) mass is 358 g/mol. The number of carbonyl (C=O) groups excluding carboxylic acids is 2. The van der Waals surface area contributed by atoms with Gasteiger partial charge in [-0.2, -0.15) is 0 Å². The summed E-state index contributed by atoms with van der Waals surface area (Å²) in [5.74, 6) is -0.929. The number of hydrogen-bond donors (Lipinski definition) is 2. The van der Waals surface area contributed by atoms with E-state index in [0.717, 1.165) is 18.1 Å². The van der Waals surface area contributed by atoms with Gasteiger partial charge in [0.25, 0.3) is 5.91 Å². The van der Waals surface area contributed by atoms with Crippen molar-refractivity contribution in [3.8, 4) is 0 Å². The lowest BCUT2D eigenvalue weighted by Crippen LogP contribution is -2.27. The second-order valence-corrected chi connectivity index (χ2v) is 6.82. The normalized spacial score (nSPS) is 11.0. The van der Waals surface area contributed by atoms with Gasteiger partial charge in [-0.1, -0.05) is 19.1 Å². The van der Waals surface area contributed by atoms with Gasteiger partial charge in [-0.15, -0.1) is 0 Å². The zero-order valence-corrected chi connectivity index (χ0v) is 15.4. The number of hydrogen-bond acceptors (Lipinski definition) is 3. The van der Waals surface area contributed by atoms with Crippen LogP contribution in [-0.2, 0) is 11.2 Å². The van der Waals surface area contributed by atoms with Crippen LogP contribution in [0.25, 0.3) is 0 Å². The molecule has 2 N–H and O–H groups in total. The van der Waals surface area contributed by atoms with Crippen LogP contribution >= 0.6 is 0 Å². The van der Waals surface area contributed by atoms with E-state index in [1.54, 1.807) is 32.9 Å². The molecule has 0 saturated carbocycles. The van der Waals surface area contributed by atoms with Crippen molar-refractivity contribution < 1.29 is 18.7 Å². The first-order chi connectivity index (χ1) is 12.2. The van der Waals surface area contributed by atoms with E-state index in [4.69, 9.17) is 4.74 Å². The van der Waals surface area contributed by atoms with Gasteiger partial charge < -0.3 is 10.1 Å². The average molecular weight is 358 g/mol. The Morgan fingerprint density at radius 2 is 1.65 bits per heavy atom. The molecule has 5 nitrogen and oxygen atoms in total. The largest absolute Gasteiger partial charge is 0.444 e. The molecule has 0 heterocycles. The molecule has 0 aliphatic heterocycles. The summed E-state index contributed by atoms with van der Waals surface area (Å²) in [4.78, 5) is 24.4. The van der Waals surface area contributed by atoms with Crippen molar-refractivity contribution in [2.75, 3.05) is 10.6 Å². The fraction of sp³-hybridized carbons (Fsp3) is 0.300. The quantitative estimate of drug-likeness (QED) is 0.809. The lowest BCUT2D eigenvalue weighted by atomic mass is 10.1. The standard InChI is InChI=1S/C20H23FN2O3/c1-5-13-6-8-14(9-7-13)18(24)22-17-12-15(21)10-11-16(17)23-19(25)26-20(2,3)4/h6-12H,5H2,1-4H3,(H,22,24)(H,23,25). The molecule has 0 aliphatic carbocycles. The maximum Gasteiger partial charge on any atom is 0.412 e. The number of rotatable bonds is 4. The molecule has 0 fully saturated rings. The molecule has 0 atom stereocenters.